The number of thioether (sulfide) groups is 1. The van der Waals surface area contributed by atoms with E-state index in [0.717, 1.165) is 0 Å². The molecule has 0 radical (unpaired) electrons. The van der Waals surface area contributed by atoms with Crippen molar-refractivity contribution in [3.8, 4) is 0 Å². The van der Waals surface area contributed by atoms with E-state index in [4.69, 9.17) is 9.84 Å². The SMILES string of the molecule is O=C(O)c1ccc([N+](=O)[O-])cc1SC1COC1. The maximum atomic E-state index is 11.0. The number of benzene rings is 1. The van der Waals surface area contributed by atoms with E-state index in [1.54, 1.807) is 0 Å². The summed E-state index contributed by atoms with van der Waals surface area (Å²) in [5, 5.41) is 19.8. The van der Waals surface area contributed by atoms with Crippen LogP contribution in [-0.2, 0) is 4.74 Å². The lowest BCUT2D eigenvalue weighted by molar-refractivity contribution is -0.385. The molecular formula is C10H9NO5S. The highest BCUT2D eigenvalue weighted by Gasteiger charge is 2.24. The van der Waals surface area contributed by atoms with Crippen molar-refractivity contribution in [1.29, 1.82) is 0 Å². The van der Waals surface area contributed by atoms with E-state index in [9.17, 15) is 14.9 Å². The molecule has 0 bridgehead atoms. The number of non-ortho nitro benzene ring substituents is 1. The molecule has 0 unspecified atom stereocenters. The van der Waals surface area contributed by atoms with Crippen molar-refractivity contribution in [2.24, 2.45) is 0 Å². The Kier molecular flexibility index (Phi) is 3.30. The first kappa shape index (κ1) is 11.9. The number of rotatable bonds is 4. The maximum Gasteiger partial charge on any atom is 0.336 e. The highest BCUT2D eigenvalue weighted by molar-refractivity contribution is 8.00. The lowest BCUT2D eigenvalue weighted by Gasteiger charge is -2.25. The zero-order valence-corrected chi connectivity index (χ0v) is 9.48. The molecule has 7 heteroatoms. The third-order valence-electron chi connectivity index (χ3n) is 2.31. The molecule has 0 amide bonds. The summed E-state index contributed by atoms with van der Waals surface area (Å²) in [7, 11) is 0. The highest BCUT2D eigenvalue weighted by atomic mass is 32.2. The minimum atomic E-state index is -1.08. The van der Waals surface area contributed by atoms with Crippen molar-refractivity contribution in [1.82, 2.24) is 0 Å². The Balaban J connectivity index is 2.32. The van der Waals surface area contributed by atoms with Crippen LogP contribution in [0.25, 0.3) is 0 Å². The van der Waals surface area contributed by atoms with Gasteiger partial charge in [0.1, 0.15) is 0 Å². The van der Waals surface area contributed by atoms with Crippen LogP contribution in [-0.4, -0.2) is 34.5 Å². The summed E-state index contributed by atoms with van der Waals surface area (Å²) in [6, 6.07) is 3.76. The Hall–Kier alpha value is -1.60. The van der Waals surface area contributed by atoms with Crippen LogP contribution >= 0.6 is 11.8 Å². The number of carboxylic acid groups (broad SMARTS) is 1. The number of carboxylic acids is 1. The van der Waals surface area contributed by atoms with E-state index in [1.165, 1.54) is 30.0 Å². The molecule has 0 spiro atoms. The molecule has 17 heavy (non-hydrogen) atoms. The zero-order chi connectivity index (χ0) is 12.4. The van der Waals surface area contributed by atoms with Gasteiger partial charge in [-0.1, -0.05) is 0 Å². The fourth-order valence-corrected chi connectivity index (χ4v) is 2.52. The van der Waals surface area contributed by atoms with Crippen LogP contribution in [0.2, 0.25) is 0 Å². The van der Waals surface area contributed by atoms with Gasteiger partial charge in [0.05, 0.1) is 29.0 Å². The van der Waals surface area contributed by atoms with Gasteiger partial charge >= 0.3 is 5.97 Å². The molecule has 0 saturated carbocycles. The molecule has 1 aromatic rings. The van der Waals surface area contributed by atoms with E-state index >= 15 is 0 Å². The third kappa shape index (κ3) is 2.56. The molecule has 1 heterocycles. The number of hydrogen-bond acceptors (Lipinski definition) is 5. The van der Waals surface area contributed by atoms with Gasteiger partial charge in [-0.2, -0.15) is 0 Å². The Morgan fingerprint density at radius 3 is 2.71 bits per heavy atom. The molecule has 1 aliphatic rings. The molecule has 0 aromatic heterocycles. The van der Waals surface area contributed by atoms with Crippen molar-refractivity contribution >= 4 is 23.4 Å². The molecule has 1 aliphatic heterocycles. The maximum absolute atomic E-state index is 11.0. The van der Waals surface area contributed by atoms with E-state index in [1.807, 2.05) is 0 Å². The van der Waals surface area contributed by atoms with Crippen molar-refractivity contribution < 1.29 is 19.6 Å². The normalized spacial score (nSPS) is 15.3. The number of carbonyl (C=O) groups is 1. The molecule has 1 saturated heterocycles. The fourth-order valence-electron chi connectivity index (χ4n) is 1.36. The average molecular weight is 255 g/mol. The summed E-state index contributed by atoms with van der Waals surface area (Å²) in [5.74, 6) is -1.08. The van der Waals surface area contributed by atoms with Crippen LogP contribution in [0.1, 0.15) is 10.4 Å². The number of nitro benzene ring substituents is 1. The Labute approximate surface area is 101 Å². The zero-order valence-electron chi connectivity index (χ0n) is 8.66. The number of ether oxygens (including phenoxy) is 1. The van der Waals surface area contributed by atoms with Gasteiger partial charge in [0.25, 0.3) is 5.69 Å². The van der Waals surface area contributed by atoms with Crippen LogP contribution in [0.3, 0.4) is 0 Å². The van der Waals surface area contributed by atoms with Crippen molar-refractivity contribution in [3.63, 3.8) is 0 Å². The van der Waals surface area contributed by atoms with Crippen molar-refractivity contribution in [3.05, 3.63) is 33.9 Å². The monoisotopic (exact) mass is 255 g/mol. The van der Waals surface area contributed by atoms with Crippen LogP contribution < -0.4 is 0 Å². The summed E-state index contributed by atoms with van der Waals surface area (Å²) < 4.78 is 4.98. The smallest absolute Gasteiger partial charge is 0.336 e. The minimum absolute atomic E-state index is 0.0903. The minimum Gasteiger partial charge on any atom is -0.478 e. The lowest BCUT2D eigenvalue weighted by Crippen LogP contribution is -2.30. The fraction of sp³-hybridized carbons (Fsp3) is 0.300. The number of aromatic carboxylic acids is 1. The van der Waals surface area contributed by atoms with E-state index in [2.05, 4.69) is 0 Å². The van der Waals surface area contributed by atoms with E-state index in [0.29, 0.717) is 18.1 Å². The molecule has 1 aromatic carbocycles. The number of nitro groups is 1. The molecule has 0 atom stereocenters. The van der Waals surface area contributed by atoms with E-state index in [-0.39, 0.29) is 16.5 Å². The van der Waals surface area contributed by atoms with Gasteiger partial charge in [-0.05, 0) is 6.07 Å². The highest BCUT2D eigenvalue weighted by Crippen LogP contribution is 2.33. The Bertz CT molecular complexity index is 472. The predicted molar refractivity (Wildman–Crippen MR) is 60.5 cm³/mol. The second-order valence-electron chi connectivity index (χ2n) is 3.52. The standard InChI is InChI=1S/C10H9NO5S/c12-10(13)8-2-1-6(11(14)15)3-9(8)17-7-4-16-5-7/h1-3,7H,4-5H2,(H,12,13). The van der Waals surface area contributed by atoms with Crippen molar-refractivity contribution in [2.45, 2.75) is 10.1 Å². The van der Waals surface area contributed by atoms with Crippen LogP contribution in [0, 0.1) is 10.1 Å². The van der Waals surface area contributed by atoms with Gasteiger partial charge in [-0.3, -0.25) is 10.1 Å². The summed E-state index contributed by atoms with van der Waals surface area (Å²) in [5.41, 5.74) is -0.00904. The van der Waals surface area contributed by atoms with E-state index < -0.39 is 10.9 Å². The van der Waals surface area contributed by atoms with Gasteiger partial charge in [0.2, 0.25) is 0 Å². The molecule has 2 rings (SSSR count). The van der Waals surface area contributed by atoms with Gasteiger partial charge in [-0.25, -0.2) is 4.79 Å². The quantitative estimate of drug-likeness (QED) is 0.651. The number of nitrogens with zero attached hydrogens (tertiary/aromatic N) is 1. The Morgan fingerprint density at radius 2 is 2.24 bits per heavy atom. The molecule has 1 fully saturated rings. The average Bonchev–Trinajstić information content (AvgIpc) is 2.22. The molecule has 0 aliphatic carbocycles. The van der Waals surface area contributed by atoms with Crippen LogP contribution in [0.15, 0.2) is 23.1 Å². The summed E-state index contributed by atoms with van der Waals surface area (Å²) >= 11 is 1.31. The first-order chi connectivity index (χ1) is 8.08. The Morgan fingerprint density at radius 1 is 1.53 bits per heavy atom. The van der Waals surface area contributed by atoms with Gasteiger partial charge in [0.15, 0.2) is 0 Å². The second kappa shape index (κ2) is 4.72. The van der Waals surface area contributed by atoms with Crippen LogP contribution in [0.4, 0.5) is 5.69 Å². The first-order valence-corrected chi connectivity index (χ1v) is 5.72. The van der Waals surface area contributed by atoms with Crippen LogP contribution in [0.5, 0.6) is 0 Å². The third-order valence-corrected chi connectivity index (χ3v) is 3.50. The first-order valence-electron chi connectivity index (χ1n) is 4.84. The molecule has 6 nitrogen and oxygen atoms in total. The number of hydrogen-bond donors (Lipinski definition) is 1. The summed E-state index contributed by atoms with van der Waals surface area (Å²) in [4.78, 5) is 21.5. The van der Waals surface area contributed by atoms with Gasteiger partial charge < -0.3 is 9.84 Å². The largest absolute Gasteiger partial charge is 0.478 e. The summed E-state index contributed by atoms with van der Waals surface area (Å²) in [6.07, 6.45) is 0. The predicted octanol–water partition coefficient (Wildman–Crippen LogP) is 1.78. The topological polar surface area (TPSA) is 89.7 Å². The molecule has 90 valence electrons. The lowest BCUT2D eigenvalue weighted by atomic mass is 10.2. The van der Waals surface area contributed by atoms with Gasteiger partial charge in [0, 0.05) is 17.0 Å². The summed E-state index contributed by atoms with van der Waals surface area (Å²) in [6.45, 7) is 1.10. The molecular weight excluding hydrogens is 246 g/mol. The van der Waals surface area contributed by atoms with Gasteiger partial charge in [-0.15, -0.1) is 11.8 Å². The van der Waals surface area contributed by atoms with Crippen molar-refractivity contribution in [2.75, 3.05) is 13.2 Å². The molecule has 1 N–H and O–H groups in total. The second-order valence-corrected chi connectivity index (χ2v) is 4.86.